The van der Waals surface area contributed by atoms with Crippen molar-refractivity contribution < 1.29 is 4.74 Å². The molecule has 1 spiro atoms. The molecule has 4 heterocycles. The summed E-state index contributed by atoms with van der Waals surface area (Å²) in [6.07, 6.45) is 4.56. The summed E-state index contributed by atoms with van der Waals surface area (Å²) in [7, 11) is 2.22. The van der Waals surface area contributed by atoms with E-state index in [4.69, 9.17) is 10.00 Å². The molecule has 2 aromatic rings. The summed E-state index contributed by atoms with van der Waals surface area (Å²) in [6.45, 7) is 4.82. The Kier molecular flexibility index (Phi) is 4.58. The minimum atomic E-state index is 0.279. The summed E-state index contributed by atoms with van der Waals surface area (Å²) >= 11 is 0. The monoisotopic (exact) mass is 349 g/mol. The van der Waals surface area contributed by atoms with Gasteiger partial charge in [0.25, 0.3) is 0 Å². The molecule has 0 aromatic carbocycles. The van der Waals surface area contributed by atoms with E-state index in [9.17, 15) is 0 Å². The second kappa shape index (κ2) is 7.02. The molecule has 0 radical (unpaired) electrons. The van der Waals surface area contributed by atoms with Gasteiger partial charge in [-0.2, -0.15) is 5.26 Å². The van der Waals surface area contributed by atoms with Gasteiger partial charge in [-0.3, -0.25) is 14.8 Å². The third-order valence-corrected chi connectivity index (χ3v) is 5.49. The lowest BCUT2D eigenvalue weighted by molar-refractivity contribution is -0.0229. The molecule has 2 aliphatic rings. The first-order chi connectivity index (χ1) is 12.7. The highest BCUT2D eigenvalue weighted by Crippen LogP contribution is 2.39. The number of likely N-dealkylation sites (tertiary alicyclic amines) is 2. The topological polar surface area (TPSA) is 65.3 Å². The molecule has 26 heavy (non-hydrogen) atoms. The number of likely N-dealkylation sites (N-methyl/N-ethyl adjacent to an activating group) is 1. The van der Waals surface area contributed by atoms with E-state index >= 15 is 0 Å². The summed E-state index contributed by atoms with van der Waals surface area (Å²) in [4.78, 5) is 13.6. The molecular formula is C20H23N5O. The molecule has 1 atom stereocenters. The molecule has 1 unspecified atom stereocenters. The van der Waals surface area contributed by atoms with Crippen molar-refractivity contribution in [2.75, 3.05) is 33.3 Å². The molecule has 2 saturated heterocycles. The van der Waals surface area contributed by atoms with E-state index in [2.05, 4.69) is 39.0 Å². The molecule has 2 fully saturated rings. The fraction of sp³-hybridized carbons (Fsp3) is 0.450. The van der Waals surface area contributed by atoms with E-state index < -0.39 is 0 Å². The summed E-state index contributed by atoms with van der Waals surface area (Å²) in [5, 5.41) is 8.82. The molecule has 0 aliphatic carbocycles. The van der Waals surface area contributed by atoms with Crippen LogP contribution in [0.4, 0.5) is 0 Å². The number of pyridine rings is 2. The quantitative estimate of drug-likeness (QED) is 0.822. The Morgan fingerprint density at radius 1 is 1.27 bits per heavy atom. The third kappa shape index (κ3) is 3.41. The van der Waals surface area contributed by atoms with E-state index in [0.29, 0.717) is 24.0 Å². The van der Waals surface area contributed by atoms with Crippen LogP contribution in [-0.4, -0.2) is 58.6 Å². The largest absolute Gasteiger partial charge is 0.477 e. The highest BCUT2D eigenvalue weighted by atomic mass is 16.5. The Labute approximate surface area is 154 Å². The highest BCUT2D eigenvalue weighted by Gasteiger charge is 2.51. The molecule has 0 amide bonds. The summed E-state index contributed by atoms with van der Waals surface area (Å²) < 4.78 is 5.85. The second-order valence-electron chi connectivity index (χ2n) is 7.45. The van der Waals surface area contributed by atoms with E-state index in [1.165, 1.54) is 0 Å². The smallest absolute Gasteiger partial charge is 0.213 e. The van der Waals surface area contributed by atoms with Crippen molar-refractivity contribution >= 4 is 0 Å². The molecule has 2 aliphatic heterocycles. The zero-order valence-electron chi connectivity index (χ0n) is 15.0. The van der Waals surface area contributed by atoms with Gasteiger partial charge in [0.2, 0.25) is 5.88 Å². The lowest BCUT2D eigenvalue weighted by Crippen LogP contribution is -2.66. The predicted octanol–water partition coefficient (Wildman–Crippen LogP) is 1.93. The van der Waals surface area contributed by atoms with Crippen LogP contribution in [-0.2, 0) is 6.54 Å². The molecule has 134 valence electrons. The number of hydrogen-bond donors (Lipinski definition) is 0. The van der Waals surface area contributed by atoms with Gasteiger partial charge in [-0.05, 0) is 31.7 Å². The van der Waals surface area contributed by atoms with E-state index in [1.54, 1.807) is 18.3 Å². The average Bonchev–Trinajstić information content (AvgIpc) is 2.97. The zero-order valence-corrected chi connectivity index (χ0v) is 15.0. The first-order valence-corrected chi connectivity index (χ1v) is 8.99. The van der Waals surface area contributed by atoms with Crippen molar-refractivity contribution in [2.45, 2.75) is 18.5 Å². The van der Waals surface area contributed by atoms with Gasteiger partial charge >= 0.3 is 0 Å². The van der Waals surface area contributed by atoms with Crippen LogP contribution < -0.4 is 4.74 Å². The number of aromatic nitrogens is 2. The molecule has 6 nitrogen and oxygen atoms in total. The fourth-order valence-corrected chi connectivity index (χ4v) is 4.17. The van der Waals surface area contributed by atoms with Gasteiger partial charge in [-0.25, -0.2) is 4.98 Å². The highest BCUT2D eigenvalue weighted by molar-refractivity contribution is 5.28. The van der Waals surface area contributed by atoms with Crippen LogP contribution in [0.15, 0.2) is 42.7 Å². The summed E-state index contributed by atoms with van der Waals surface area (Å²) in [5.41, 5.74) is 1.97. The fourth-order valence-electron chi connectivity index (χ4n) is 4.17. The molecule has 6 heteroatoms. The predicted molar refractivity (Wildman–Crippen MR) is 97.4 cm³/mol. The van der Waals surface area contributed by atoms with Gasteiger partial charge in [0.15, 0.2) is 0 Å². The van der Waals surface area contributed by atoms with Crippen molar-refractivity contribution in [3.63, 3.8) is 0 Å². The molecule has 0 saturated carbocycles. The molecular weight excluding hydrogens is 326 g/mol. The van der Waals surface area contributed by atoms with Crippen LogP contribution in [0.5, 0.6) is 5.88 Å². The van der Waals surface area contributed by atoms with Crippen molar-refractivity contribution in [2.24, 2.45) is 5.92 Å². The van der Waals surface area contributed by atoms with Crippen LogP contribution in [0, 0.1) is 17.2 Å². The molecule has 4 rings (SSSR count). The van der Waals surface area contributed by atoms with Gasteiger partial charge in [0.05, 0.1) is 17.9 Å². The van der Waals surface area contributed by atoms with E-state index in [-0.39, 0.29) is 5.54 Å². The Bertz CT molecular complexity index is 780. The van der Waals surface area contributed by atoms with Crippen LogP contribution in [0.25, 0.3) is 0 Å². The zero-order chi connectivity index (χ0) is 18.0. The maximum Gasteiger partial charge on any atom is 0.213 e. The van der Waals surface area contributed by atoms with Crippen LogP contribution in [0.3, 0.4) is 0 Å². The second-order valence-corrected chi connectivity index (χ2v) is 7.45. The minimum absolute atomic E-state index is 0.279. The first kappa shape index (κ1) is 17.0. The molecule has 0 bridgehead atoms. The number of ether oxygens (including phenoxy) is 1. The standard InChI is InChI=1S/C20H23N5O/c1-24-11-17(13-26-19-6-5-16(9-21)10-23-19)8-20(24)14-25(15-20)12-18-4-2-3-7-22-18/h2-7,10,17H,8,11-15H2,1H3. The maximum atomic E-state index is 8.82. The van der Waals surface area contributed by atoms with Gasteiger partial charge < -0.3 is 4.74 Å². The number of nitrogens with zero attached hydrogens (tertiary/aromatic N) is 5. The number of nitriles is 1. The SMILES string of the molecule is CN1CC(COc2ccc(C#N)cn2)CC12CN(Cc1ccccn1)C2. The molecule has 0 N–H and O–H groups in total. The summed E-state index contributed by atoms with van der Waals surface area (Å²) in [6, 6.07) is 11.7. The van der Waals surface area contributed by atoms with Crippen molar-refractivity contribution in [3.8, 4) is 11.9 Å². The van der Waals surface area contributed by atoms with Gasteiger partial charge in [0.1, 0.15) is 6.07 Å². The van der Waals surface area contributed by atoms with E-state index in [0.717, 1.165) is 38.3 Å². The van der Waals surface area contributed by atoms with E-state index in [1.807, 2.05) is 18.3 Å². The number of rotatable bonds is 5. The van der Waals surface area contributed by atoms with Crippen molar-refractivity contribution in [3.05, 3.63) is 54.0 Å². The van der Waals surface area contributed by atoms with Crippen LogP contribution in [0.1, 0.15) is 17.7 Å². The van der Waals surface area contributed by atoms with Gasteiger partial charge in [0, 0.05) is 56.1 Å². The Morgan fingerprint density at radius 2 is 2.15 bits per heavy atom. The average molecular weight is 349 g/mol. The van der Waals surface area contributed by atoms with Crippen molar-refractivity contribution in [1.82, 2.24) is 19.8 Å². The maximum absolute atomic E-state index is 8.82. The van der Waals surface area contributed by atoms with Crippen LogP contribution >= 0.6 is 0 Å². The Morgan fingerprint density at radius 3 is 2.85 bits per heavy atom. The first-order valence-electron chi connectivity index (χ1n) is 8.99. The molecule has 2 aromatic heterocycles. The third-order valence-electron chi connectivity index (χ3n) is 5.49. The van der Waals surface area contributed by atoms with Crippen LogP contribution in [0.2, 0.25) is 0 Å². The van der Waals surface area contributed by atoms with Gasteiger partial charge in [-0.15, -0.1) is 0 Å². The summed E-state index contributed by atoms with van der Waals surface area (Å²) in [5.74, 6) is 1.10. The van der Waals surface area contributed by atoms with Crippen molar-refractivity contribution in [1.29, 1.82) is 5.26 Å². The minimum Gasteiger partial charge on any atom is -0.477 e. The lowest BCUT2D eigenvalue weighted by atomic mass is 9.84. The van der Waals surface area contributed by atoms with Gasteiger partial charge in [-0.1, -0.05) is 6.07 Å². The normalized spacial score (nSPS) is 22.1. The number of hydrogen-bond acceptors (Lipinski definition) is 6. The Balaban J connectivity index is 1.27. The lowest BCUT2D eigenvalue weighted by Gasteiger charge is -2.52. The Hall–Kier alpha value is -2.49.